The first-order valence-corrected chi connectivity index (χ1v) is 3.34. The van der Waals surface area contributed by atoms with Gasteiger partial charge in [-0.3, -0.25) is 9.59 Å². The molecule has 4 nitrogen and oxygen atoms in total. The number of hydrogen-bond acceptors (Lipinski definition) is 2. The molecule has 0 aliphatic carbocycles. The van der Waals surface area contributed by atoms with Gasteiger partial charge in [-0.05, 0) is 0 Å². The van der Waals surface area contributed by atoms with Crippen LogP contribution in [0.3, 0.4) is 0 Å². The average Bonchev–Trinajstić information content (AvgIpc) is 2.03. The van der Waals surface area contributed by atoms with E-state index in [9.17, 15) is 9.59 Å². The van der Waals surface area contributed by atoms with Gasteiger partial charge in [0.05, 0.1) is 0 Å². The minimum atomic E-state index is -0.805. The van der Waals surface area contributed by atoms with Crippen LogP contribution in [-0.2, 0) is 9.59 Å². The lowest BCUT2D eigenvalue weighted by molar-refractivity contribution is -0.120. The van der Waals surface area contributed by atoms with Crippen molar-refractivity contribution in [3.8, 4) is 0 Å². The van der Waals surface area contributed by atoms with Crippen LogP contribution in [-0.4, -0.2) is 29.8 Å². The highest BCUT2D eigenvalue weighted by Crippen LogP contribution is 1.96. The molecule has 4 heteroatoms. The maximum Gasteiger partial charge on any atom is 0.313 e. The number of carbonyl (C=O) groups is 1. The molecule has 0 spiro atoms. The second-order valence-corrected chi connectivity index (χ2v) is 2.12. The van der Waals surface area contributed by atoms with Gasteiger partial charge in [0, 0.05) is 6.54 Å². The molecule has 12 heavy (non-hydrogen) atoms. The molecule has 2 amide bonds. The predicted octanol–water partition coefficient (Wildman–Crippen LogP) is -0.419. The molecular formula is C8H11N2O2. The Kier molecular flexibility index (Phi) is 4.45. The van der Waals surface area contributed by atoms with Crippen molar-refractivity contribution in [2.45, 2.75) is 6.04 Å². The van der Waals surface area contributed by atoms with Crippen molar-refractivity contribution in [2.75, 3.05) is 6.54 Å². The second kappa shape index (κ2) is 5.12. The van der Waals surface area contributed by atoms with Crippen LogP contribution in [0.4, 0.5) is 0 Å². The summed E-state index contributed by atoms with van der Waals surface area (Å²) in [5.41, 5.74) is 4.99. The molecule has 0 fully saturated rings. The van der Waals surface area contributed by atoms with Crippen molar-refractivity contribution in [2.24, 2.45) is 5.73 Å². The Morgan fingerprint density at radius 2 is 2.25 bits per heavy atom. The van der Waals surface area contributed by atoms with E-state index in [2.05, 4.69) is 13.2 Å². The SMILES string of the molecule is C=CCN([C]=O)C(C=C)C(N)=O. The van der Waals surface area contributed by atoms with Crippen molar-refractivity contribution < 1.29 is 9.59 Å². The summed E-state index contributed by atoms with van der Waals surface area (Å²) in [6, 6.07) is -0.805. The van der Waals surface area contributed by atoms with E-state index in [-0.39, 0.29) is 6.54 Å². The zero-order chi connectivity index (χ0) is 9.56. The van der Waals surface area contributed by atoms with Gasteiger partial charge in [-0.25, -0.2) is 0 Å². The first-order valence-electron chi connectivity index (χ1n) is 3.34. The molecule has 0 saturated heterocycles. The highest BCUT2D eigenvalue weighted by Gasteiger charge is 2.17. The van der Waals surface area contributed by atoms with Gasteiger partial charge in [0.25, 0.3) is 0 Å². The third-order valence-corrected chi connectivity index (χ3v) is 1.29. The van der Waals surface area contributed by atoms with Crippen LogP contribution in [0, 0.1) is 0 Å². The van der Waals surface area contributed by atoms with Crippen molar-refractivity contribution >= 4 is 12.3 Å². The van der Waals surface area contributed by atoms with Crippen LogP contribution in [0.5, 0.6) is 0 Å². The average molecular weight is 167 g/mol. The number of amides is 2. The van der Waals surface area contributed by atoms with Gasteiger partial charge in [-0.1, -0.05) is 12.2 Å². The smallest absolute Gasteiger partial charge is 0.313 e. The van der Waals surface area contributed by atoms with Crippen LogP contribution in [0.2, 0.25) is 0 Å². The zero-order valence-electron chi connectivity index (χ0n) is 6.69. The highest BCUT2D eigenvalue weighted by atomic mass is 16.2. The predicted molar refractivity (Wildman–Crippen MR) is 45.8 cm³/mol. The highest BCUT2D eigenvalue weighted by molar-refractivity contribution is 5.83. The Balaban J connectivity index is 4.41. The molecule has 0 rings (SSSR count). The van der Waals surface area contributed by atoms with Crippen molar-refractivity contribution in [1.82, 2.24) is 4.90 Å². The first kappa shape index (κ1) is 10.4. The summed E-state index contributed by atoms with van der Waals surface area (Å²) in [5.74, 6) is -0.629. The maximum absolute atomic E-state index is 10.7. The van der Waals surface area contributed by atoms with E-state index in [1.54, 1.807) is 6.41 Å². The van der Waals surface area contributed by atoms with Gasteiger partial charge in [-0.2, -0.15) is 0 Å². The number of carbonyl (C=O) groups excluding carboxylic acids is 2. The van der Waals surface area contributed by atoms with E-state index >= 15 is 0 Å². The quantitative estimate of drug-likeness (QED) is 0.431. The van der Waals surface area contributed by atoms with Crippen molar-refractivity contribution in [1.29, 1.82) is 0 Å². The molecule has 0 aromatic rings. The van der Waals surface area contributed by atoms with Gasteiger partial charge in [-0.15, -0.1) is 13.2 Å². The first-order chi connectivity index (χ1) is 5.67. The molecule has 2 N–H and O–H groups in total. The molecule has 1 unspecified atom stereocenters. The van der Waals surface area contributed by atoms with Gasteiger partial charge in [0.1, 0.15) is 6.04 Å². The lowest BCUT2D eigenvalue weighted by atomic mass is 10.2. The summed E-state index contributed by atoms with van der Waals surface area (Å²) in [4.78, 5) is 22.1. The summed E-state index contributed by atoms with van der Waals surface area (Å²) in [5, 5.41) is 0. The topological polar surface area (TPSA) is 63.4 Å². The fourth-order valence-corrected chi connectivity index (χ4v) is 0.744. The molecule has 0 aliphatic rings. The Bertz CT molecular complexity index is 201. The standard InChI is InChI=1S/C8H11N2O2/c1-3-5-10(6-11)7(4-2)8(9)12/h3-4,7H,1-2,5H2,(H2,9,12). The Hall–Kier alpha value is -1.58. The molecule has 1 atom stereocenters. The largest absolute Gasteiger partial charge is 0.368 e. The number of nitrogens with two attached hydrogens (primary N) is 1. The van der Waals surface area contributed by atoms with Crippen LogP contribution in [0.1, 0.15) is 0 Å². The maximum atomic E-state index is 10.7. The van der Waals surface area contributed by atoms with Crippen LogP contribution < -0.4 is 5.73 Å². The number of nitrogens with zero attached hydrogens (tertiary/aromatic N) is 1. The molecule has 0 saturated carbocycles. The van der Waals surface area contributed by atoms with Gasteiger partial charge >= 0.3 is 6.41 Å². The summed E-state index contributed by atoms with van der Waals surface area (Å²) in [6.45, 7) is 7.02. The number of primary amides is 1. The lowest BCUT2D eigenvalue weighted by Gasteiger charge is -2.19. The number of rotatable bonds is 6. The van der Waals surface area contributed by atoms with Gasteiger partial charge in [0.2, 0.25) is 5.91 Å². The molecular weight excluding hydrogens is 156 g/mol. The minimum Gasteiger partial charge on any atom is -0.368 e. The summed E-state index contributed by atoms with van der Waals surface area (Å²) >= 11 is 0. The minimum absolute atomic E-state index is 0.225. The third-order valence-electron chi connectivity index (χ3n) is 1.29. The summed E-state index contributed by atoms with van der Waals surface area (Å²) in [7, 11) is 0. The Morgan fingerprint density at radius 3 is 2.50 bits per heavy atom. The second-order valence-electron chi connectivity index (χ2n) is 2.12. The molecule has 0 aromatic heterocycles. The van der Waals surface area contributed by atoms with Crippen LogP contribution in [0.25, 0.3) is 0 Å². The van der Waals surface area contributed by atoms with E-state index in [4.69, 9.17) is 5.73 Å². The molecule has 0 bridgehead atoms. The Labute approximate surface area is 71.3 Å². The zero-order valence-corrected chi connectivity index (χ0v) is 6.69. The van der Waals surface area contributed by atoms with E-state index in [1.807, 2.05) is 0 Å². The lowest BCUT2D eigenvalue weighted by Crippen LogP contribution is -2.42. The summed E-state index contributed by atoms with van der Waals surface area (Å²) in [6.07, 6.45) is 4.34. The van der Waals surface area contributed by atoms with Crippen LogP contribution in [0.15, 0.2) is 25.3 Å². The monoisotopic (exact) mass is 167 g/mol. The van der Waals surface area contributed by atoms with Gasteiger partial charge < -0.3 is 10.6 Å². The fraction of sp³-hybridized carbons (Fsp3) is 0.250. The normalized spacial score (nSPS) is 11.3. The third kappa shape index (κ3) is 2.57. The fourth-order valence-electron chi connectivity index (χ4n) is 0.744. The summed E-state index contributed by atoms with van der Waals surface area (Å²) < 4.78 is 0. The van der Waals surface area contributed by atoms with Crippen LogP contribution >= 0.6 is 0 Å². The molecule has 0 aromatic carbocycles. The van der Waals surface area contributed by atoms with Crippen molar-refractivity contribution in [3.63, 3.8) is 0 Å². The van der Waals surface area contributed by atoms with E-state index in [0.29, 0.717) is 0 Å². The Morgan fingerprint density at radius 1 is 1.67 bits per heavy atom. The van der Waals surface area contributed by atoms with E-state index in [1.165, 1.54) is 12.2 Å². The van der Waals surface area contributed by atoms with E-state index in [0.717, 1.165) is 4.90 Å². The molecule has 0 aliphatic heterocycles. The molecule has 65 valence electrons. The van der Waals surface area contributed by atoms with E-state index < -0.39 is 11.9 Å². The van der Waals surface area contributed by atoms with Gasteiger partial charge in [0.15, 0.2) is 0 Å². The van der Waals surface area contributed by atoms with Crippen molar-refractivity contribution in [3.05, 3.63) is 25.3 Å². The molecule has 1 radical (unpaired) electrons. The number of hydrogen-bond donors (Lipinski definition) is 1. The molecule has 0 heterocycles.